The summed E-state index contributed by atoms with van der Waals surface area (Å²) >= 11 is 6.05. The highest BCUT2D eigenvalue weighted by Gasteiger charge is 2.38. The number of aromatic nitrogens is 1. The summed E-state index contributed by atoms with van der Waals surface area (Å²) < 4.78 is 7.12. The first-order chi connectivity index (χ1) is 15.7. The van der Waals surface area contributed by atoms with Gasteiger partial charge < -0.3 is 9.30 Å². The first-order valence-corrected chi connectivity index (χ1v) is 11.0. The fourth-order valence-electron chi connectivity index (χ4n) is 4.26. The van der Waals surface area contributed by atoms with Crippen molar-refractivity contribution in [3.8, 4) is 5.69 Å². The number of carbonyl (C=O) groups excluding carboxylic acids is 2. The summed E-state index contributed by atoms with van der Waals surface area (Å²) in [5.41, 5.74) is 6.71. The van der Waals surface area contributed by atoms with Gasteiger partial charge in [0.2, 0.25) is 0 Å². The number of benzene rings is 2. The number of allylic oxidation sites excluding steroid dienone is 1. The molecule has 0 atom stereocenters. The molecule has 0 bridgehead atoms. The summed E-state index contributed by atoms with van der Waals surface area (Å²) in [5.74, 6) is -0.790. The number of anilines is 1. The lowest BCUT2D eigenvalue weighted by Gasteiger charge is -2.18. The van der Waals surface area contributed by atoms with Crippen LogP contribution in [-0.2, 0) is 14.3 Å². The number of hydrogen-bond acceptors (Lipinski definition) is 3. The molecule has 168 valence electrons. The molecular weight excluding hydrogens is 436 g/mol. The molecule has 0 fully saturated rings. The van der Waals surface area contributed by atoms with Crippen molar-refractivity contribution in [2.75, 3.05) is 12.0 Å². The Labute approximate surface area is 198 Å². The number of amides is 1. The number of aryl methyl sites for hydroxylation is 2. The number of ether oxygens (including phenoxy) is 1. The van der Waals surface area contributed by atoms with Gasteiger partial charge in [0, 0.05) is 33.5 Å². The Hall–Kier alpha value is -3.57. The Morgan fingerprint density at radius 2 is 1.55 bits per heavy atom. The van der Waals surface area contributed by atoms with E-state index in [1.54, 1.807) is 17.9 Å². The molecule has 1 aliphatic rings. The summed E-state index contributed by atoms with van der Waals surface area (Å²) in [7, 11) is 1.33. The second-order valence-corrected chi connectivity index (χ2v) is 8.56. The number of nitrogens with zero attached hydrogens (tertiary/aromatic N) is 2. The van der Waals surface area contributed by atoms with Crippen LogP contribution >= 0.6 is 11.6 Å². The first kappa shape index (κ1) is 22.6. The van der Waals surface area contributed by atoms with Crippen LogP contribution in [0.4, 0.5) is 5.69 Å². The van der Waals surface area contributed by atoms with Gasteiger partial charge in [-0.05, 0) is 81.8 Å². The van der Waals surface area contributed by atoms with Crippen LogP contribution in [0.1, 0.15) is 29.4 Å². The molecule has 4 rings (SSSR count). The van der Waals surface area contributed by atoms with E-state index in [1.165, 1.54) is 7.11 Å². The van der Waals surface area contributed by atoms with Crippen molar-refractivity contribution < 1.29 is 14.3 Å². The van der Waals surface area contributed by atoms with Crippen molar-refractivity contribution in [2.45, 2.75) is 27.7 Å². The average Bonchev–Trinajstić information content (AvgIpc) is 3.21. The van der Waals surface area contributed by atoms with E-state index in [-0.39, 0.29) is 11.5 Å². The minimum Gasteiger partial charge on any atom is -0.465 e. The van der Waals surface area contributed by atoms with Gasteiger partial charge in [-0.2, -0.15) is 0 Å². The predicted molar refractivity (Wildman–Crippen MR) is 132 cm³/mol. The normalized spacial score (nSPS) is 15.0. The van der Waals surface area contributed by atoms with Crippen LogP contribution in [-0.4, -0.2) is 23.6 Å². The molecule has 33 heavy (non-hydrogen) atoms. The zero-order valence-corrected chi connectivity index (χ0v) is 20.0. The van der Waals surface area contributed by atoms with Crippen LogP contribution in [0.2, 0.25) is 5.02 Å². The molecule has 0 unspecified atom stereocenters. The Bertz CT molecular complexity index is 1310. The molecular formula is C27H25ClN2O3. The molecule has 1 aromatic heterocycles. The van der Waals surface area contributed by atoms with Crippen molar-refractivity contribution in [1.29, 1.82) is 0 Å². The fourth-order valence-corrected chi connectivity index (χ4v) is 4.39. The third kappa shape index (κ3) is 4.00. The summed E-state index contributed by atoms with van der Waals surface area (Å²) in [6.45, 7) is 7.74. The summed E-state index contributed by atoms with van der Waals surface area (Å²) in [6, 6.07) is 17.2. The molecule has 5 nitrogen and oxygen atoms in total. The highest BCUT2D eigenvalue weighted by atomic mass is 35.5. The van der Waals surface area contributed by atoms with E-state index in [1.807, 2.05) is 75.4 Å². The average molecular weight is 461 g/mol. The Morgan fingerprint density at radius 1 is 0.939 bits per heavy atom. The zero-order valence-electron chi connectivity index (χ0n) is 19.3. The van der Waals surface area contributed by atoms with Crippen molar-refractivity contribution in [3.63, 3.8) is 0 Å². The maximum absolute atomic E-state index is 13.5. The smallest absolute Gasteiger partial charge is 0.340 e. The van der Waals surface area contributed by atoms with Crippen LogP contribution in [0.25, 0.3) is 11.8 Å². The topological polar surface area (TPSA) is 51.5 Å². The van der Waals surface area contributed by atoms with E-state index in [4.69, 9.17) is 16.3 Å². The van der Waals surface area contributed by atoms with Crippen LogP contribution in [0.3, 0.4) is 0 Å². The van der Waals surface area contributed by atoms with Crippen LogP contribution in [0.5, 0.6) is 0 Å². The minimum atomic E-state index is -0.534. The van der Waals surface area contributed by atoms with Gasteiger partial charge in [0.25, 0.3) is 5.91 Å². The molecule has 0 saturated heterocycles. The van der Waals surface area contributed by atoms with E-state index < -0.39 is 5.97 Å². The lowest BCUT2D eigenvalue weighted by Crippen LogP contribution is -2.24. The van der Waals surface area contributed by atoms with Gasteiger partial charge in [0.1, 0.15) is 0 Å². The van der Waals surface area contributed by atoms with E-state index in [0.29, 0.717) is 22.0 Å². The molecule has 2 aromatic carbocycles. The fraction of sp³-hybridized carbons (Fsp3) is 0.185. The standard InChI is InChI=1S/C27H25ClN2O3/c1-16-6-10-23(11-7-16)30-19(4)25(27(32)33-5)24(26(30)31)15-20-14-17(2)29(18(20)3)22-12-8-21(28)9-13-22/h6-15H,1-5H3/b24-15-. The van der Waals surface area contributed by atoms with Crippen molar-refractivity contribution >= 4 is 35.2 Å². The maximum Gasteiger partial charge on any atom is 0.340 e. The van der Waals surface area contributed by atoms with Gasteiger partial charge in [-0.3, -0.25) is 9.69 Å². The number of methoxy groups -OCH3 is 1. The first-order valence-electron chi connectivity index (χ1n) is 10.6. The highest BCUT2D eigenvalue weighted by Crippen LogP contribution is 2.36. The molecule has 0 saturated carbocycles. The van der Waals surface area contributed by atoms with Gasteiger partial charge in [0.15, 0.2) is 0 Å². The number of esters is 1. The molecule has 3 aromatic rings. The number of carbonyl (C=O) groups is 2. The number of halogens is 1. The van der Waals surface area contributed by atoms with Crippen molar-refractivity contribution in [1.82, 2.24) is 4.57 Å². The summed E-state index contributed by atoms with van der Waals surface area (Å²) in [4.78, 5) is 27.8. The van der Waals surface area contributed by atoms with Gasteiger partial charge in [0.05, 0.1) is 18.3 Å². The second kappa shape index (κ2) is 8.75. The third-order valence-corrected chi connectivity index (χ3v) is 6.19. The molecule has 0 radical (unpaired) electrons. The zero-order chi connectivity index (χ0) is 23.9. The Kier molecular flexibility index (Phi) is 6.00. The summed E-state index contributed by atoms with van der Waals surface area (Å²) in [6.07, 6.45) is 1.78. The lowest BCUT2D eigenvalue weighted by atomic mass is 10.0. The van der Waals surface area contributed by atoms with Gasteiger partial charge in [-0.15, -0.1) is 0 Å². The minimum absolute atomic E-state index is 0.256. The molecule has 0 spiro atoms. The molecule has 1 amide bonds. The maximum atomic E-state index is 13.5. The SMILES string of the molecule is COC(=O)C1=C(C)N(c2ccc(C)cc2)C(=O)/C1=C\c1cc(C)n(-c2ccc(Cl)cc2)c1C. The monoisotopic (exact) mass is 460 g/mol. The third-order valence-electron chi connectivity index (χ3n) is 5.94. The molecule has 0 N–H and O–H groups in total. The van der Waals surface area contributed by atoms with Gasteiger partial charge >= 0.3 is 5.97 Å². The van der Waals surface area contributed by atoms with Crippen molar-refractivity contribution in [2.24, 2.45) is 0 Å². The van der Waals surface area contributed by atoms with E-state index in [9.17, 15) is 9.59 Å². The van der Waals surface area contributed by atoms with E-state index >= 15 is 0 Å². The second-order valence-electron chi connectivity index (χ2n) is 8.12. The lowest BCUT2D eigenvalue weighted by molar-refractivity contribution is -0.136. The largest absolute Gasteiger partial charge is 0.465 e. The van der Waals surface area contributed by atoms with Crippen LogP contribution in [0.15, 0.2) is 71.4 Å². The molecule has 6 heteroatoms. The van der Waals surface area contributed by atoms with Gasteiger partial charge in [-0.1, -0.05) is 29.3 Å². The van der Waals surface area contributed by atoms with Gasteiger partial charge in [-0.25, -0.2) is 4.79 Å². The quantitative estimate of drug-likeness (QED) is 0.358. The van der Waals surface area contributed by atoms with E-state index in [0.717, 1.165) is 28.2 Å². The molecule has 2 heterocycles. The van der Waals surface area contributed by atoms with Crippen LogP contribution < -0.4 is 4.90 Å². The summed E-state index contributed by atoms with van der Waals surface area (Å²) in [5, 5.41) is 0.666. The van der Waals surface area contributed by atoms with Crippen molar-refractivity contribution in [3.05, 3.63) is 99.0 Å². The predicted octanol–water partition coefficient (Wildman–Crippen LogP) is 5.93. The highest BCUT2D eigenvalue weighted by molar-refractivity contribution is 6.30. The van der Waals surface area contributed by atoms with E-state index in [2.05, 4.69) is 4.57 Å². The molecule has 0 aliphatic carbocycles. The Balaban J connectivity index is 1.84. The Morgan fingerprint density at radius 3 is 2.15 bits per heavy atom. The molecule has 1 aliphatic heterocycles. The number of hydrogen-bond donors (Lipinski definition) is 0. The van der Waals surface area contributed by atoms with Crippen LogP contribution in [0, 0.1) is 20.8 Å². The number of rotatable bonds is 4.